The van der Waals surface area contributed by atoms with E-state index in [9.17, 15) is 0 Å². The van der Waals surface area contributed by atoms with Gasteiger partial charge in [-0.15, -0.1) is 0 Å². The maximum atomic E-state index is 2.51. The number of hydrogen-bond acceptors (Lipinski definition) is 0. The molecule has 0 bridgehead atoms. The van der Waals surface area contributed by atoms with Gasteiger partial charge >= 0.3 is 21.7 Å². The van der Waals surface area contributed by atoms with Gasteiger partial charge in [-0.1, -0.05) is 57.4 Å². The largest absolute Gasteiger partial charge is 4.00 e. The topological polar surface area (TPSA) is 0 Å². The van der Waals surface area contributed by atoms with Crippen LogP contribution >= 0.6 is 0 Å². The van der Waals surface area contributed by atoms with Gasteiger partial charge in [0, 0.05) is 9.52 Å². The number of allylic oxidation sites excluding steroid dienone is 4. The zero-order chi connectivity index (χ0) is 12.8. The first-order chi connectivity index (χ1) is 8.79. The fourth-order valence-corrected chi connectivity index (χ4v) is 5.80. The Morgan fingerprint density at radius 2 is 1.86 bits per heavy atom. The summed E-state index contributed by atoms with van der Waals surface area (Å²) in [5.74, 6) is 0. The van der Waals surface area contributed by atoms with Gasteiger partial charge in [-0.3, -0.25) is 0 Å². The molecule has 0 aliphatic heterocycles. The molecule has 1 aliphatic rings. The number of hydrogen-bond donors (Lipinski definition) is 0. The van der Waals surface area contributed by atoms with Crippen LogP contribution in [0.25, 0.3) is 0 Å². The van der Waals surface area contributed by atoms with Gasteiger partial charge in [0.2, 0.25) is 0 Å². The van der Waals surface area contributed by atoms with Crippen molar-refractivity contribution in [2.75, 3.05) is 0 Å². The van der Waals surface area contributed by atoms with E-state index in [1.165, 1.54) is 32.1 Å². The average Bonchev–Trinajstić information content (AvgIpc) is 2.78. The fourth-order valence-electron chi connectivity index (χ4n) is 3.17. The van der Waals surface area contributed by atoms with E-state index in [-0.39, 0.29) is 68.5 Å². The van der Waals surface area contributed by atoms with Crippen molar-refractivity contribution >= 4 is 14.7 Å². The van der Waals surface area contributed by atoms with Gasteiger partial charge in [0.15, 0.2) is 0 Å². The number of rotatable bonds is 6. The van der Waals surface area contributed by atoms with Gasteiger partial charge in [0.05, 0.1) is 0 Å². The van der Waals surface area contributed by atoms with Crippen molar-refractivity contribution in [2.24, 2.45) is 0 Å². The molecule has 1 atom stereocenters. The van der Waals surface area contributed by atoms with Crippen molar-refractivity contribution in [1.82, 2.24) is 0 Å². The van der Waals surface area contributed by atoms with Crippen LogP contribution < -0.4 is 42.4 Å². The molecule has 1 aromatic carbocycles. The zero-order valence-corrected chi connectivity index (χ0v) is 18.7. The molecule has 0 amide bonds. The second-order valence-corrected chi connectivity index (χ2v) is 8.13. The van der Waals surface area contributed by atoms with Crippen molar-refractivity contribution in [3.8, 4) is 0 Å². The minimum absolute atomic E-state index is 0. The maximum absolute atomic E-state index is 2.51. The van der Waals surface area contributed by atoms with Gasteiger partial charge in [0.25, 0.3) is 0 Å². The molecule has 0 aromatic heterocycles. The van der Waals surface area contributed by atoms with E-state index >= 15 is 0 Å². The molecule has 0 saturated heterocycles. The predicted octanol–water partition coefficient (Wildman–Crippen LogP) is -5.36. The first kappa shape index (κ1) is 27.5. The Kier molecular flexibility index (Phi) is 17.5. The third kappa shape index (κ3) is 7.47. The molecule has 5 heteroatoms. The molecule has 22 heavy (non-hydrogen) atoms. The maximum Gasteiger partial charge on any atom is 4.00 e. The summed E-state index contributed by atoms with van der Waals surface area (Å²) >= 11 is 0. The van der Waals surface area contributed by atoms with Crippen LogP contribution in [0.2, 0.25) is 5.04 Å². The van der Waals surface area contributed by atoms with Crippen molar-refractivity contribution in [1.29, 1.82) is 0 Å². The molecule has 0 fully saturated rings. The Morgan fingerprint density at radius 1 is 1.14 bits per heavy atom. The Balaban J connectivity index is -0.000000902. The molecule has 0 saturated carbocycles. The molecule has 0 radical (unpaired) electrons. The van der Waals surface area contributed by atoms with Crippen LogP contribution in [0.4, 0.5) is 0 Å². The Bertz CT molecular complexity index is 443. The van der Waals surface area contributed by atoms with E-state index in [1.54, 1.807) is 10.8 Å². The van der Waals surface area contributed by atoms with Gasteiger partial charge in [-0.25, -0.2) is 12.1 Å². The first-order valence-electron chi connectivity index (χ1n) is 7.37. The zero-order valence-electron chi connectivity index (χ0n) is 13.4. The molecular formula is C17H25Cl3SiTi. The molecule has 2 rings (SSSR count). The second kappa shape index (κ2) is 14.0. The summed E-state index contributed by atoms with van der Waals surface area (Å²) in [5, 5.41) is 2.23. The summed E-state index contributed by atoms with van der Waals surface area (Å²) in [5.41, 5.74) is 1.63. The summed E-state index contributed by atoms with van der Waals surface area (Å²) in [6, 6.07) is 6.99. The summed E-state index contributed by atoms with van der Waals surface area (Å²) in [6.07, 6.45) is 15.8. The fraction of sp³-hybridized carbons (Fsp3) is 0.471. The van der Waals surface area contributed by atoms with Gasteiger partial charge in [0.1, 0.15) is 0 Å². The molecule has 1 aliphatic carbocycles. The summed E-state index contributed by atoms with van der Waals surface area (Å²) in [4.78, 5) is 0. The molecule has 0 N–H and O–H groups in total. The van der Waals surface area contributed by atoms with E-state index in [1.807, 2.05) is 0 Å². The van der Waals surface area contributed by atoms with E-state index in [2.05, 4.69) is 56.4 Å². The molecule has 0 nitrogen and oxygen atoms in total. The number of aryl methyl sites for hydroxylation is 1. The molecule has 0 spiro atoms. The standard InChI is InChI=1S/C17H25Si.3ClH.Ti/c1-3-9-15-10-8-11-16(15)18-17(12-4-2)13-6-5-7-14-17;;;;/h5-8,10-11,13H,3-4,9,12,14,18H2,1-2H3;3*1H;/q-1;;;;+4/p-3. The van der Waals surface area contributed by atoms with Gasteiger partial charge < -0.3 is 37.2 Å². The van der Waals surface area contributed by atoms with Crippen LogP contribution in [0.1, 0.15) is 45.1 Å². The molecule has 1 unspecified atom stereocenters. The molecular weight excluding hydrogens is 386 g/mol. The molecule has 0 heterocycles. The Morgan fingerprint density at radius 3 is 2.41 bits per heavy atom. The Labute approximate surface area is 171 Å². The average molecular weight is 412 g/mol. The van der Waals surface area contributed by atoms with E-state index in [4.69, 9.17) is 0 Å². The van der Waals surface area contributed by atoms with Crippen molar-refractivity contribution in [3.05, 3.63) is 48.1 Å². The van der Waals surface area contributed by atoms with Crippen LogP contribution in [0.3, 0.4) is 0 Å². The van der Waals surface area contributed by atoms with Crippen LogP contribution in [0, 0.1) is 0 Å². The summed E-state index contributed by atoms with van der Waals surface area (Å²) < 4.78 is 0. The predicted molar refractivity (Wildman–Crippen MR) is 84.7 cm³/mol. The van der Waals surface area contributed by atoms with Crippen LogP contribution in [-0.4, -0.2) is 9.52 Å². The van der Waals surface area contributed by atoms with Crippen molar-refractivity contribution in [2.45, 2.75) is 51.0 Å². The quantitative estimate of drug-likeness (QED) is 0.324. The van der Waals surface area contributed by atoms with E-state index in [0.29, 0.717) is 5.04 Å². The van der Waals surface area contributed by atoms with Gasteiger partial charge in [-0.05, 0) is 17.9 Å². The monoisotopic (exact) mass is 410 g/mol. The first-order valence-corrected chi connectivity index (χ1v) is 8.79. The third-order valence-electron chi connectivity index (χ3n) is 4.04. The minimum Gasteiger partial charge on any atom is -1.00 e. The minimum atomic E-state index is -0.220. The SMILES string of the molecule is CCCc1ccc[c-]1[SiH2]C1(CCC)C=CC=CC1.[Cl-].[Cl-].[Cl-].[Ti+4]. The van der Waals surface area contributed by atoms with E-state index in [0.717, 1.165) is 0 Å². The normalized spacial score (nSPS) is 19.0. The van der Waals surface area contributed by atoms with Gasteiger partial charge in [-0.2, -0.15) is 16.8 Å². The molecule has 1 aromatic rings. The number of halogens is 3. The van der Waals surface area contributed by atoms with E-state index < -0.39 is 0 Å². The third-order valence-corrected chi connectivity index (χ3v) is 6.69. The van der Waals surface area contributed by atoms with Crippen molar-refractivity contribution < 1.29 is 58.9 Å². The second-order valence-electron chi connectivity index (χ2n) is 5.61. The van der Waals surface area contributed by atoms with Crippen LogP contribution in [0.15, 0.2) is 42.5 Å². The van der Waals surface area contributed by atoms with Crippen LogP contribution in [-0.2, 0) is 28.1 Å². The molecule has 122 valence electrons. The van der Waals surface area contributed by atoms with Crippen molar-refractivity contribution in [3.63, 3.8) is 0 Å². The summed E-state index contributed by atoms with van der Waals surface area (Å²) in [6.45, 7) is 4.60. The smallest absolute Gasteiger partial charge is 1.00 e. The van der Waals surface area contributed by atoms with Crippen LogP contribution in [0.5, 0.6) is 0 Å². The Hall–Kier alpha value is 0.631. The summed E-state index contributed by atoms with van der Waals surface area (Å²) in [7, 11) is -0.220.